The van der Waals surface area contributed by atoms with Gasteiger partial charge in [-0.25, -0.2) is 0 Å². The lowest BCUT2D eigenvalue weighted by Gasteiger charge is -2.15. The van der Waals surface area contributed by atoms with Gasteiger partial charge in [-0.05, 0) is 13.8 Å². The van der Waals surface area contributed by atoms with Gasteiger partial charge in [-0.15, -0.1) is 0 Å². The maximum Gasteiger partial charge on any atom is 0.328 e. The van der Waals surface area contributed by atoms with E-state index >= 15 is 0 Å². The monoisotopic (exact) mass is 157 g/mol. The molecule has 0 radical (unpaired) electrons. The van der Waals surface area contributed by atoms with Crippen LogP contribution < -0.4 is 0 Å². The van der Waals surface area contributed by atoms with Gasteiger partial charge in [-0.2, -0.15) is 5.26 Å². The number of nitrogens with zero attached hydrogens (tertiary/aromatic N) is 1. The van der Waals surface area contributed by atoms with E-state index in [0.717, 1.165) is 0 Å². The predicted molar refractivity (Wildman–Crippen MR) is 37.4 cm³/mol. The number of carbonyl (C=O) groups excluding carboxylic acids is 1. The van der Waals surface area contributed by atoms with E-state index in [2.05, 4.69) is 4.74 Å². The Labute approximate surface area is 65.4 Å². The lowest BCUT2D eigenvalue weighted by atomic mass is 9.94. The van der Waals surface area contributed by atoms with Crippen molar-refractivity contribution in [1.29, 1.82) is 5.26 Å². The topological polar surface area (TPSA) is 70.3 Å². The Morgan fingerprint density at radius 3 is 2.64 bits per heavy atom. The lowest BCUT2D eigenvalue weighted by molar-refractivity contribution is -0.152. The van der Waals surface area contributed by atoms with Crippen LogP contribution in [0.4, 0.5) is 0 Å². The van der Waals surface area contributed by atoms with E-state index < -0.39 is 18.0 Å². The molecule has 0 fully saturated rings. The molecule has 0 saturated heterocycles. The number of rotatable bonds is 3. The first-order valence-corrected chi connectivity index (χ1v) is 3.30. The summed E-state index contributed by atoms with van der Waals surface area (Å²) in [5.41, 5.74) is -1.41. The van der Waals surface area contributed by atoms with Gasteiger partial charge < -0.3 is 9.84 Å². The van der Waals surface area contributed by atoms with Crippen molar-refractivity contribution in [2.24, 2.45) is 5.41 Å². The van der Waals surface area contributed by atoms with Crippen molar-refractivity contribution < 1.29 is 14.6 Å². The number of ether oxygens (including phenoxy) is 1. The van der Waals surface area contributed by atoms with Crippen LogP contribution in [0.2, 0.25) is 0 Å². The third-order valence-electron chi connectivity index (χ3n) is 1.29. The molecular formula is C7H11NO3. The van der Waals surface area contributed by atoms with Crippen molar-refractivity contribution in [2.45, 2.75) is 13.8 Å². The number of hydrogen-bond donors (Lipinski definition) is 1. The summed E-state index contributed by atoms with van der Waals surface area (Å²) in [6, 6.07) is 1.69. The summed E-state index contributed by atoms with van der Waals surface area (Å²) in [6.45, 7) is 2.69. The molecule has 0 saturated carbocycles. The van der Waals surface area contributed by atoms with Crippen LogP contribution in [-0.2, 0) is 9.53 Å². The van der Waals surface area contributed by atoms with Gasteiger partial charge >= 0.3 is 5.97 Å². The number of aliphatic hydroxyl groups is 1. The molecule has 0 aliphatic heterocycles. The molecule has 0 aliphatic rings. The van der Waals surface area contributed by atoms with Gasteiger partial charge in [-0.3, -0.25) is 4.79 Å². The maximum atomic E-state index is 10.9. The molecule has 0 rings (SSSR count). The number of esters is 1. The molecule has 62 valence electrons. The van der Waals surface area contributed by atoms with Crippen molar-refractivity contribution in [1.82, 2.24) is 0 Å². The molecule has 0 amide bonds. The molecule has 4 nitrogen and oxygen atoms in total. The first-order chi connectivity index (χ1) is 5.10. The largest absolute Gasteiger partial charge is 0.465 e. The number of nitriles is 1. The lowest BCUT2D eigenvalue weighted by Crippen LogP contribution is -2.31. The summed E-state index contributed by atoms with van der Waals surface area (Å²) in [6.07, 6.45) is 0. The first kappa shape index (κ1) is 9.92. The highest BCUT2D eigenvalue weighted by atomic mass is 16.5. The molecule has 4 heteroatoms. The SMILES string of the molecule is CCOC(=O)C(C)(C#N)CO. The predicted octanol–water partition coefficient (Wildman–Crippen LogP) is 0.0717. The van der Waals surface area contributed by atoms with Gasteiger partial charge in [-0.1, -0.05) is 0 Å². The molecule has 0 heterocycles. The second kappa shape index (κ2) is 3.94. The van der Waals surface area contributed by atoms with E-state index in [9.17, 15) is 4.79 Å². The zero-order valence-electron chi connectivity index (χ0n) is 6.63. The number of aliphatic hydroxyl groups excluding tert-OH is 1. The van der Waals surface area contributed by atoms with Crippen molar-refractivity contribution >= 4 is 5.97 Å². The minimum Gasteiger partial charge on any atom is -0.465 e. The van der Waals surface area contributed by atoms with Gasteiger partial charge in [0.1, 0.15) is 0 Å². The van der Waals surface area contributed by atoms with Crippen LogP contribution >= 0.6 is 0 Å². The van der Waals surface area contributed by atoms with Gasteiger partial charge in [0.15, 0.2) is 5.41 Å². The van der Waals surface area contributed by atoms with E-state index in [1.165, 1.54) is 6.92 Å². The number of carbonyl (C=O) groups is 1. The third-order valence-corrected chi connectivity index (χ3v) is 1.29. The summed E-state index contributed by atoms with van der Waals surface area (Å²) < 4.78 is 4.57. The summed E-state index contributed by atoms with van der Waals surface area (Å²) in [5, 5.41) is 17.1. The Bertz CT molecular complexity index is 185. The second-order valence-corrected chi connectivity index (χ2v) is 2.32. The fraction of sp³-hybridized carbons (Fsp3) is 0.714. The average molecular weight is 157 g/mol. The molecule has 0 bridgehead atoms. The van der Waals surface area contributed by atoms with Crippen LogP contribution in [-0.4, -0.2) is 24.3 Å². The molecular weight excluding hydrogens is 146 g/mol. The molecule has 0 spiro atoms. The first-order valence-electron chi connectivity index (χ1n) is 3.30. The Hall–Kier alpha value is -1.08. The summed E-state index contributed by atoms with van der Waals surface area (Å²) in [5.74, 6) is -0.676. The Kier molecular flexibility index (Phi) is 3.55. The molecule has 0 aromatic heterocycles. The highest BCUT2D eigenvalue weighted by molar-refractivity contribution is 5.79. The fourth-order valence-corrected chi connectivity index (χ4v) is 0.436. The Balaban J connectivity index is 4.28. The molecule has 0 aromatic carbocycles. The smallest absolute Gasteiger partial charge is 0.328 e. The summed E-state index contributed by atoms with van der Waals surface area (Å²) in [7, 11) is 0. The minimum absolute atomic E-state index is 0.218. The van der Waals surface area contributed by atoms with Crippen LogP contribution in [0.15, 0.2) is 0 Å². The van der Waals surface area contributed by atoms with Crippen molar-refractivity contribution in [3.8, 4) is 6.07 Å². The van der Waals surface area contributed by atoms with E-state index in [-0.39, 0.29) is 6.61 Å². The summed E-state index contributed by atoms with van der Waals surface area (Å²) >= 11 is 0. The Morgan fingerprint density at radius 1 is 1.82 bits per heavy atom. The Morgan fingerprint density at radius 2 is 2.36 bits per heavy atom. The van der Waals surface area contributed by atoms with Crippen LogP contribution in [0.1, 0.15) is 13.8 Å². The molecule has 1 N–H and O–H groups in total. The average Bonchev–Trinajstić information content (AvgIpc) is 2.03. The highest BCUT2D eigenvalue weighted by Crippen LogP contribution is 2.15. The maximum absolute atomic E-state index is 10.9. The summed E-state index contributed by atoms with van der Waals surface area (Å²) in [4.78, 5) is 10.9. The minimum atomic E-state index is -1.41. The van der Waals surface area contributed by atoms with Crippen molar-refractivity contribution in [2.75, 3.05) is 13.2 Å². The quantitative estimate of drug-likeness (QED) is 0.588. The van der Waals surface area contributed by atoms with E-state index in [0.29, 0.717) is 0 Å². The van der Waals surface area contributed by atoms with E-state index in [4.69, 9.17) is 10.4 Å². The zero-order chi connectivity index (χ0) is 8.91. The second-order valence-electron chi connectivity index (χ2n) is 2.32. The molecule has 11 heavy (non-hydrogen) atoms. The molecule has 0 aromatic rings. The van der Waals surface area contributed by atoms with Gasteiger partial charge in [0.05, 0.1) is 19.3 Å². The van der Waals surface area contributed by atoms with Gasteiger partial charge in [0, 0.05) is 0 Å². The van der Waals surface area contributed by atoms with Gasteiger partial charge in [0.25, 0.3) is 0 Å². The zero-order valence-corrected chi connectivity index (χ0v) is 6.63. The normalized spacial score (nSPS) is 14.7. The van der Waals surface area contributed by atoms with Crippen molar-refractivity contribution in [3.05, 3.63) is 0 Å². The third kappa shape index (κ3) is 2.20. The van der Waals surface area contributed by atoms with Crippen molar-refractivity contribution in [3.63, 3.8) is 0 Å². The van der Waals surface area contributed by atoms with E-state index in [1.54, 1.807) is 13.0 Å². The molecule has 1 atom stereocenters. The van der Waals surface area contributed by atoms with Gasteiger partial charge in [0.2, 0.25) is 0 Å². The fourth-order valence-electron chi connectivity index (χ4n) is 0.436. The van der Waals surface area contributed by atoms with Crippen LogP contribution in [0, 0.1) is 16.7 Å². The van der Waals surface area contributed by atoms with Crippen LogP contribution in [0.5, 0.6) is 0 Å². The highest BCUT2D eigenvalue weighted by Gasteiger charge is 2.34. The van der Waals surface area contributed by atoms with Crippen LogP contribution in [0.25, 0.3) is 0 Å². The molecule has 0 aliphatic carbocycles. The standard InChI is InChI=1S/C7H11NO3/c1-3-11-6(10)7(2,4-8)5-9/h9H,3,5H2,1-2H3. The molecule has 1 unspecified atom stereocenters. The van der Waals surface area contributed by atoms with E-state index in [1.807, 2.05) is 0 Å². The number of hydrogen-bond acceptors (Lipinski definition) is 4. The van der Waals surface area contributed by atoms with Crippen LogP contribution in [0.3, 0.4) is 0 Å².